The molecule has 1 fully saturated rings. The third kappa shape index (κ3) is 5.69. The lowest BCUT2D eigenvalue weighted by Gasteiger charge is -2.16. The maximum absolute atomic E-state index is 12.3. The van der Waals surface area contributed by atoms with Crippen molar-refractivity contribution in [3.05, 3.63) is 27.2 Å². The minimum absolute atomic E-state index is 0.0521. The molecule has 2 aromatic heterocycles. The van der Waals surface area contributed by atoms with Gasteiger partial charge >= 0.3 is 0 Å². The lowest BCUT2D eigenvalue weighted by atomic mass is 10.1. The summed E-state index contributed by atoms with van der Waals surface area (Å²) < 4.78 is 2.31. The largest absolute Gasteiger partial charge is 0.356 e. The van der Waals surface area contributed by atoms with Gasteiger partial charge in [0.15, 0.2) is 10.9 Å². The molecule has 1 aliphatic rings. The topological polar surface area (TPSA) is 76.9 Å². The molecule has 1 amide bonds. The highest BCUT2D eigenvalue weighted by Gasteiger charge is 2.23. The summed E-state index contributed by atoms with van der Waals surface area (Å²) in [6.07, 6.45) is 9.11. The molecule has 3 rings (SSSR count). The predicted octanol–water partition coefficient (Wildman–Crippen LogP) is 4.51. The van der Waals surface area contributed by atoms with Gasteiger partial charge in [-0.15, -0.1) is 21.5 Å². The molecule has 1 aliphatic carbocycles. The normalized spacial score (nSPS) is 14.4. The molecule has 2 aromatic rings. The van der Waals surface area contributed by atoms with Crippen LogP contribution in [0.3, 0.4) is 0 Å². The summed E-state index contributed by atoms with van der Waals surface area (Å²) in [7, 11) is 0. The molecular formula is C21H30N4O2S2. The molecule has 0 atom stereocenters. The number of hydrogen-bond donors (Lipinski definition) is 1. The third-order valence-corrected chi connectivity index (χ3v) is 7.04. The van der Waals surface area contributed by atoms with Crippen molar-refractivity contribution < 1.29 is 9.59 Å². The SMILES string of the molecule is CSc1nnc(CCCNC(=O)CCC(=O)c2cc(C)sc2C)n1C1CCCC1. The fourth-order valence-corrected chi connectivity index (χ4v) is 5.49. The highest BCUT2D eigenvalue weighted by molar-refractivity contribution is 7.98. The van der Waals surface area contributed by atoms with Crippen molar-refractivity contribution in [3.8, 4) is 0 Å². The van der Waals surface area contributed by atoms with E-state index in [1.165, 1.54) is 25.7 Å². The van der Waals surface area contributed by atoms with Gasteiger partial charge in [0.2, 0.25) is 5.91 Å². The second-order valence-electron chi connectivity index (χ2n) is 7.61. The molecule has 6 nitrogen and oxygen atoms in total. The Morgan fingerprint density at radius 2 is 2.00 bits per heavy atom. The molecule has 158 valence electrons. The molecule has 8 heteroatoms. The molecular weight excluding hydrogens is 404 g/mol. The van der Waals surface area contributed by atoms with Crippen molar-refractivity contribution >= 4 is 34.8 Å². The number of nitrogens with zero attached hydrogens (tertiary/aromatic N) is 3. The van der Waals surface area contributed by atoms with E-state index in [1.54, 1.807) is 23.1 Å². The minimum atomic E-state index is -0.0648. The van der Waals surface area contributed by atoms with Gasteiger partial charge < -0.3 is 9.88 Å². The summed E-state index contributed by atoms with van der Waals surface area (Å²) in [6, 6.07) is 2.44. The molecule has 0 radical (unpaired) electrons. The van der Waals surface area contributed by atoms with Crippen molar-refractivity contribution in [1.29, 1.82) is 0 Å². The number of carbonyl (C=O) groups excluding carboxylic acids is 2. The molecule has 29 heavy (non-hydrogen) atoms. The van der Waals surface area contributed by atoms with Crippen molar-refractivity contribution in [3.63, 3.8) is 0 Å². The van der Waals surface area contributed by atoms with Gasteiger partial charge in [-0.3, -0.25) is 9.59 Å². The lowest BCUT2D eigenvalue weighted by Crippen LogP contribution is -2.25. The average molecular weight is 435 g/mol. The Morgan fingerprint density at radius 1 is 1.24 bits per heavy atom. The van der Waals surface area contributed by atoms with Gasteiger partial charge in [0.25, 0.3) is 0 Å². The number of thioether (sulfide) groups is 1. The van der Waals surface area contributed by atoms with E-state index in [0.29, 0.717) is 12.6 Å². The summed E-state index contributed by atoms with van der Waals surface area (Å²) in [5, 5.41) is 12.7. The number of amides is 1. The molecule has 0 bridgehead atoms. The van der Waals surface area contributed by atoms with Crippen molar-refractivity contribution in [1.82, 2.24) is 20.1 Å². The van der Waals surface area contributed by atoms with Crippen LogP contribution < -0.4 is 5.32 Å². The molecule has 1 saturated carbocycles. The van der Waals surface area contributed by atoms with Crippen LogP contribution in [-0.2, 0) is 11.2 Å². The Morgan fingerprint density at radius 3 is 2.66 bits per heavy atom. The zero-order valence-corrected chi connectivity index (χ0v) is 19.1. The Hall–Kier alpha value is -1.67. The van der Waals surface area contributed by atoms with E-state index in [2.05, 4.69) is 20.1 Å². The molecule has 1 N–H and O–H groups in total. The van der Waals surface area contributed by atoms with Crippen molar-refractivity contribution in [2.24, 2.45) is 0 Å². The van der Waals surface area contributed by atoms with Gasteiger partial charge in [-0.2, -0.15) is 0 Å². The van der Waals surface area contributed by atoms with Crippen LogP contribution in [0.5, 0.6) is 0 Å². The highest BCUT2D eigenvalue weighted by atomic mass is 32.2. The summed E-state index contributed by atoms with van der Waals surface area (Å²) in [5.41, 5.74) is 0.760. The number of aromatic nitrogens is 3. The molecule has 0 saturated heterocycles. The molecule has 0 spiro atoms. The van der Waals surface area contributed by atoms with E-state index in [4.69, 9.17) is 0 Å². The van der Waals surface area contributed by atoms with E-state index in [-0.39, 0.29) is 24.5 Å². The van der Waals surface area contributed by atoms with E-state index in [1.807, 2.05) is 26.2 Å². The van der Waals surface area contributed by atoms with Crippen LogP contribution >= 0.6 is 23.1 Å². The number of thiophene rings is 1. The minimum Gasteiger partial charge on any atom is -0.356 e. The second kappa shape index (κ2) is 10.4. The van der Waals surface area contributed by atoms with Crippen LogP contribution in [-0.4, -0.2) is 39.3 Å². The van der Waals surface area contributed by atoms with Crippen LogP contribution in [0.4, 0.5) is 0 Å². The number of aryl methyl sites for hydroxylation is 3. The summed E-state index contributed by atoms with van der Waals surface area (Å²) in [6.45, 7) is 4.55. The van der Waals surface area contributed by atoms with E-state index >= 15 is 0 Å². The van der Waals surface area contributed by atoms with Crippen LogP contribution in [0.2, 0.25) is 0 Å². The zero-order valence-electron chi connectivity index (χ0n) is 17.5. The van der Waals surface area contributed by atoms with Crippen molar-refractivity contribution in [2.75, 3.05) is 12.8 Å². The fourth-order valence-electron chi connectivity index (χ4n) is 3.98. The van der Waals surface area contributed by atoms with Crippen LogP contribution in [0.25, 0.3) is 0 Å². The van der Waals surface area contributed by atoms with Gasteiger partial charge in [-0.05, 0) is 45.4 Å². The quantitative estimate of drug-likeness (QED) is 0.338. The Balaban J connectivity index is 1.41. The van der Waals surface area contributed by atoms with Crippen LogP contribution in [0.1, 0.15) is 76.9 Å². The number of rotatable bonds is 10. The molecule has 0 unspecified atom stereocenters. The lowest BCUT2D eigenvalue weighted by molar-refractivity contribution is -0.121. The summed E-state index contributed by atoms with van der Waals surface area (Å²) in [5.74, 6) is 1.01. The maximum atomic E-state index is 12.3. The molecule has 2 heterocycles. The Kier molecular flexibility index (Phi) is 7.89. The van der Waals surface area contributed by atoms with E-state index in [0.717, 1.165) is 39.1 Å². The van der Waals surface area contributed by atoms with E-state index in [9.17, 15) is 9.59 Å². The van der Waals surface area contributed by atoms with Crippen LogP contribution in [0, 0.1) is 13.8 Å². The second-order valence-corrected chi connectivity index (χ2v) is 9.85. The molecule has 0 aliphatic heterocycles. The fraction of sp³-hybridized carbons (Fsp3) is 0.619. The number of hydrogen-bond acceptors (Lipinski definition) is 6. The number of nitrogens with one attached hydrogen (secondary N) is 1. The monoisotopic (exact) mass is 434 g/mol. The summed E-state index contributed by atoms with van der Waals surface area (Å²) >= 11 is 3.27. The zero-order chi connectivity index (χ0) is 20.8. The third-order valence-electron chi connectivity index (χ3n) is 5.43. The number of Topliss-reactive ketones (excluding diaryl/α,β-unsaturated/α-hetero) is 1. The van der Waals surface area contributed by atoms with Gasteiger partial charge in [-0.1, -0.05) is 24.6 Å². The summed E-state index contributed by atoms with van der Waals surface area (Å²) in [4.78, 5) is 26.6. The van der Waals surface area contributed by atoms with Crippen LogP contribution in [0.15, 0.2) is 11.2 Å². The molecule has 0 aromatic carbocycles. The maximum Gasteiger partial charge on any atom is 0.220 e. The first-order chi connectivity index (χ1) is 14.0. The Labute approximate surface area is 180 Å². The first kappa shape index (κ1) is 22.0. The van der Waals surface area contributed by atoms with Crippen molar-refractivity contribution in [2.45, 2.75) is 76.4 Å². The van der Waals surface area contributed by atoms with E-state index < -0.39 is 0 Å². The highest BCUT2D eigenvalue weighted by Crippen LogP contribution is 2.33. The van der Waals surface area contributed by atoms with Gasteiger partial charge in [0, 0.05) is 47.2 Å². The smallest absolute Gasteiger partial charge is 0.220 e. The van der Waals surface area contributed by atoms with Gasteiger partial charge in [-0.25, -0.2) is 0 Å². The Bertz CT molecular complexity index is 853. The number of ketones is 1. The van der Waals surface area contributed by atoms with Gasteiger partial charge in [0.1, 0.15) is 5.82 Å². The first-order valence-corrected chi connectivity index (χ1v) is 12.4. The average Bonchev–Trinajstić information content (AvgIpc) is 3.42. The predicted molar refractivity (Wildman–Crippen MR) is 118 cm³/mol. The first-order valence-electron chi connectivity index (χ1n) is 10.3. The van der Waals surface area contributed by atoms with Gasteiger partial charge in [0.05, 0.1) is 0 Å². The standard InChI is InChI=1S/C21H30N4O2S2/c1-14-13-17(15(2)29-14)18(26)10-11-20(27)22-12-6-9-19-23-24-21(28-3)25(19)16-7-4-5-8-16/h13,16H,4-12H2,1-3H3,(H,22,27). The number of carbonyl (C=O) groups is 2.